The number of rotatable bonds is 17. The van der Waals surface area contributed by atoms with Gasteiger partial charge in [0.1, 0.15) is 6.61 Å². The van der Waals surface area contributed by atoms with Crippen LogP contribution >= 0.6 is 0 Å². The maximum absolute atomic E-state index is 11.7. The van der Waals surface area contributed by atoms with E-state index in [4.69, 9.17) is 9.47 Å². The molecule has 0 aromatic heterocycles. The number of hydrogen-bond acceptors (Lipinski definition) is 5. The average Bonchev–Trinajstić information content (AvgIpc) is 2.61. The number of hydrogen-bond donors (Lipinski definition) is 1. The third-order valence-electron chi connectivity index (χ3n) is 4.15. The quantitative estimate of drug-likeness (QED) is 0.305. The second-order valence-corrected chi connectivity index (χ2v) is 6.66. The van der Waals surface area contributed by atoms with Gasteiger partial charge in [0.05, 0.1) is 6.61 Å². The Morgan fingerprint density at radius 1 is 0.760 bits per heavy atom. The van der Waals surface area contributed by atoms with E-state index >= 15 is 0 Å². The molecule has 1 atom stereocenters. The van der Waals surface area contributed by atoms with Crippen LogP contribution in [0.5, 0.6) is 0 Å². The fourth-order valence-corrected chi connectivity index (χ4v) is 2.55. The largest absolute Gasteiger partial charge is 0.462 e. The Kier molecular flexibility index (Phi) is 16.9. The van der Waals surface area contributed by atoms with Crippen molar-refractivity contribution < 1.29 is 24.2 Å². The van der Waals surface area contributed by atoms with Crippen molar-refractivity contribution in [1.82, 2.24) is 0 Å². The van der Waals surface area contributed by atoms with Gasteiger partial charge in [0, 0.05) is 12.8 Å². The molecule has 0 spiro atoms. The van der Waals surface area contributed by atoms with Crippen LogP contribution in [0.25, 0.3) is 0 Å². The number of carbonyl (C=O) groups excluding carboxylic acids is 2. The zero-order valence-electron chi connectivity index (χ0n) is 16.3. The van der Waals surface area contributed by atoms with Crippen molar-refractivity contribution in [2.75, 3.05) is 13.2 Å². The summed E-state index contributed by atoms with van der Waals surface area (Å²) in [5, 5.41) is 9.26. The lowest BCUT2D eigenvalue weighted by Gasteiger charge is -2.15. The molecule has 0 aromatic carbocycles. The van der Waals surface area contributed by atoms with Gasteiger partial charge in [-0.05, 0) is 12.8 Å². The van der Waals surface area contributed by atoms with Gasteiger partial charge >= 0.3 is 11.9 Å². The van der Waals surface area contributed by atoms with Crippen LogP contribution in [0.3, 0.4) is 0 Å². The van der Waals surface area contributed by atoms with Gasteiger partial charge in [0.2, 0.25) is 0 Å². The van der Waals surface area contributed by atoms with Crippen molar-refractivity contribution in [3.63, 3.8) is 0 Å². The second kappa shape index (κ2) is 17.7. The number of ether oxygens (including phenoxy) is 2. The minimum absolute atomic E-state index is 0.0630. The van der Waals surface area contributed by atoms with Crippen LogP contribution < -0.4 is 0 Å². The Morgan fingerprint density at radius 2 is 1.24 bits per heavy atom. The van der Waals surface area contributed by atoms with Gasteiger partial charge in [-0.2, -0.15) is 0 Å². The molecule has 0 rings (SSSR count). The average molecular weight is 359 g/mol. The Bertz CT molecular complexity index is 330. The smallest absolute Gasteiger partial charge is 0.306 e. The first-order chi connectivity index (χ1) is 12.1. The maximum atomic E-state index is 11.7. The number of unbranched alkanes of at least 4 members (excludes halogenated alkanes) is 9. The van der Waals surface area contributed by atoms with Crippen LogP contribution in [0.15, 0.2) is 0 Å². The summed E-state index contributed by atoms with van der Waals surface area (Å²) in [4.78, 5) is 23.4. The van der Waals surface area contributed by atoms with E-state index < -0.39 is 6.10 Å². The van der Waals surface area contributed by atoms with E-state index in [2.05, 4.69) is 13.8 Å². The predicted octanol–water partition coefficient (Wildman–Crippen LogP) is 4.54. The highest BCUT2D eigenvalue weighted by molar-refractivity contribution is 5.70. The van der Waals surface area contributed by atoms with E-state index in [0.29, 0.717) is 12.8 Å². The zero-order valence-corrected chi connectivity index (χ0v) is 16.3. The van der Waals surface area contributed by atoms with E-state index in [-0.39, 0.29) is 25.2 Å². The fourth-order valence-electron chi connectivity index (χ4n) is 2.55. The molecule has 0 heterocycles. The lowest BCUT2D eigenvalue weighted by Crippen LogP contribution is -2.28. The van der Waals surface area contributed by atoms with E-state index in [1.807, 2.05) is 0 Å². The molecule has 0 aromatic rings. The van der Waals surface area contributed by atoms with Crippen LogP contribution in [-0.4, -0.2) is 36.4 Å². The van der Waals surface area contributed by atoms with Crippen molar-refractivity contribution in [2.24, 2.45) is 0 Å². The number of esters is 2. The molecule has 0 saturated carbocycles. The van der Waals surface area contributed by atoms with Crippen LogP contribution in [0.2, 0.25) is 0 Å². The first-order valence-corrected chi connectivity index (χ1v) is 10.1. The Labute approximate surface area is 153 Å². The Hall–Kier alpha value is -1.10. The minimum atomic E-state index is -0.753. The van der Waals surface area contributed by atoms with Crippen LogP contribution in [0.4, 0.5) is 0 Å². The molecule has 5 nitrogen and oxygen atoms in total. The van der Waals surface area contributed by atoms with E-state index in [1.54, 1.807) is 0 Å². The summed E-state index contributed by atoms with van der Waals surface area (Å²) in [6.07, 6.45) is 11.9. The van der Waals surface area contributed by atoms with Crippen LogP contribution in [0, 0.1) is 0 Å². The SMILES string of the molecule is CCCCCCCCC(=O)O[C@@H](CO)COC(=O)CCCCCCC. The number of aliphatic hydroxyl groups is 1. The van der Waals surface area contributed by atoms with Gasteiger partial charge in [-0.15, -0.1) is 0 Å². The molecule has 1 N–H and O–H groups in total. The molecule has 25 heavy (non-hydrogen) atoms. The highest BCUT2D eigenvalue weighted by atomic mass is 16.6. The monoisotopic (exact) mass is 358 g/mol. The van der Waals surface area contributed by atoms with Crippen molar-refractivity contribution in [1.29, 1.82) is 0 Å². The molecule has 0 fully saturated rings. The molecular formula is C20H38O5. The molecular weight excluding hydrogens is 320 g/mol. The van der Waals surface area contributed by atoms with Crippen molar-refractivity contribution in [2.45, 2.75) is 103 Å². The normalized spacial score (nSPS) is 12.0. The molecule has 0 bridgehead atoms. The molecule has 148 valence electrons. The molecule has 5 heteroatoms. The molecule has 0 aliphatic rings. The van der Waals surface area contributed by atoms with Crippen molar-refractivity contribution in [3.05, 3.63) is 0 Å². The zero-order chi connectivity index (χ0) is 18.8. The predicted molar refractivity (Wildman–Crippen MR) is 99.3 cm³/mol. The molecule has 0 unspecified atom stereocenters. The molecule has 0 aliphatic heterocycles. The summed E-state index contributed by atoms with van der Waals surface area (Å²) < 4.78 is 10.3. The first kappa shape index (κ1) is 23.9. The van der Waals surface area contributed by atoms with Crippen molar-refractivity contribution >= 4 is 11.9 Å². The third-order valence-corrected chi connectivity index (χ3v) is 4.15. The minimum Gasteiger partial charge on any atom is -0.462 e. The molecule has 0 saturated heterocycles. The van der Waals surface area contributed by atoms with Gasteiger partial charge in [0.15, 0.2) is 6.10 Å². The Balaban J connectivity index is 3.71. The lowest BCUT2D eigenvalue weighted by molar-refractivity contribution is -0.161. The van der Waals surface area contributed by atoms with E-state index in [1.165, 1.54) is 32.1 Å². The van der Waals surface area contributed by atoms with Gasteiger partial charge in [-0.25, -0.2) is 0 Å². The summed E-state index contributed by atoms with van der Waals surface area (Å²) in [5.74, 6) is -0.618. The summed E-state index contributed by atoms with van der Waals surface area (Å²) >= 11 is 0. The highest BCUT2D eigenvalue weighted by Crippen LogP contribution is 2.09. The molecule has 0 amide bonds. The second-order valence-electron chi connectivity index (χ2n) is 6.66. The Morgan fingerprint density at radius 3 is 1.76 bits per heavy atom. The maximum Gasteiger partial charge on any atom is 0.306 e. The van der Waals surface area contributed by atoms with Gasteiger partial charge < -0.3 is 14.6 Å². The summed E-state index contributed by atoms with van der Waals surface area (Å²) in [5.41, 5.74) is 0. The van der Waals surface area contributed by atoms with Crippen LogP contribution in [0.1, 0.15) is 97.3 Å². The van der Waals surface area contributed by atoms with Crippen LogP contribution in [-0.2, 0) is 19.1 Å². The number of aliphatic hydroxyl groups excluding tert-OH is 1. The summed E-state index contributed by atoms with van der Waals surface area (Å²) in [7, 11) is 0. The van der Waals surface area contributed by atoms with Gasteiger partial charge in [0.25, 0.3) is 0 Å². The summed E-state index contributed by atoms with van der Waals surface area (Å²) in [6.45, 7) is 3.93. The van der Waals surface area contributed by atoms with Crippen molar-refractivity contribution in [3.8, 4) is 0 Å². The fraction of sp³-hybridized carbons (Fsp3) is 0.900. The lowest BCUT2D eigenvalue weighted by atomic mass is 10.1. The third kappa shape index (κ3) is 16.1. The van der Waals surface area contributed by atoms with Gasteiger partial charge in [-0.3, -0.25) is 9.59 Å². The molecule has 0 aliphatic carbocycles. The highest BCUT2D eigenvalue weighted by Gasteiger charge is 2.15. The standard InChI is InChI=1S/C20H38O5/c1-3-5-7-9-11-13-15-20(23)25-18(16-21)17-24-19(22)14-12-10-8-6-4-2/h18,21H,3-17H2,1-2H3/t18-/m0/s1. The van der Waals surface area contributed by atoms with E-state index in [0.717, 1.165) is 38.5 Å². The molecule has 0 radical (unpaired) electrons. The van der Waals surface area contributed by atoms with Gasteiger partial charge in [-0.1, -0.05) is 71.6 Å². The van der Waals surface area contributed by atoms with E-state index in [9.17, 15) is 14.7 Å². The topological polar surface area (TPSA) is 72.8 Å². The first-order valence-electron chi connectivity index (χ1n) is 10.1. The number of carbonyl (C=O) groups is 2. The summed E-state index contributed by atoms with van der Waals surface area (Å²) in [6, 6.07) is 0.